The van der Waals surface area contributed by atoms with Crippen LogP contribution in [0.3, 0.4) is 0 Å². The number of aliphatic carboxylic acids is 1. The molecule has 3 aromatic rings. The molecular formula is C25H27ClN2O3. The molecule has 2 N–H and O–H groups in total. The highest BCUT2D eigenvalue weighted by atomic mass is 35.5. The highest BCUT2D eigenvalue weighted by molar-refractivity contribution is 6.31. The van der Waals surface area contributed by atoms with Gasteiger partial charge in [0, 0.05) is 23.4 Å². The van der Waals surface area contributed by atoms with Crippen molar-refractivity contribution in [3.63, 3.8) is 0 Å². The van der Waals surface area contributed by atoms with E-state index in [0.717, 1.165) is 36.2 Å². The summed E-state index contributed by atoms with van der Waals surface area (Å²) in [7, 11) is 0. The van der Waals surface area contributed by atoms with E-state index in [1.807, 2.05) is 59.2 Å². The van der Waals surface area contributed by atoms with Crippen LogP contribution in [0.4, 0.5) is 0 Å². The lowest BCUT2D eigenvalue weighted by molar-refractivity contribution is -0.132. The maximum atomic E-state index is 12.0. The first kappa shape index (κ1) is 22.8. The van der Waals surface area contributed by atoms with Crippen LogP contribution in [-0.4, -0.2) is 25.7 Å². The molecule has 1 heterocycles. The summed E-state index contributed by atoms with van der Waals surface area (Å²) in [5.41, 5.74) is 3.15. The maximum Gasteiger partial charge on any atom is 0.331 e. The number of rotatable bonds is 10. The van der Waals surface area contributed by atoms with Crippen molar-refractivity contribution >= 4 is 23.6 Å². The third-order valence-corrected chi connectivity index (χ3v) is 5.54. The molecule has 0 aliphatic carbocycles. The summed E-state index contributed by atoms with van der Waals surface area (Å²) in [5.74, 6) is -0.171. The van der Waals surface area contributed by atoms with Gasteiger partial charge in [0.2, 0.25) is 0 Å². The maximum absolute atomic E-state index is 12.0. The zero-order valence-corrected chi connectivity index (χ0v) is 18.3. The summed E-state index contributed by atoms with van der Waals surface area (Å²) in [5, 5.41) is 20.5. The number of aliphatic hydroxyl groups excluding tert-OH is 1. The Morgan fingerprint density at radius 3 is 2.48 bits per heavy atom. The average Bonchev–Trinajstić information content (AvgIpc) is 3.10. The minimum absolute atomic E-state index is 0.239. The number of unbranched alkanes of at least 4 members (excludes halogenated alkanes) is 1. The molecule has 1 aromatic heterocycles. The third kappa shape index (κ3) is 5.84. The first-order chi connectivity index (χ1) is 15.0. The van der Waals surface area contributed by atoms with Crippen LogP contribution >= 0.6 is 11.6 Å². The monoisotopic (exact) mass is 438 g/mol. The zero-order chi connectivity index (χ0) is 22.2. The van der Waals surface area contributed by atoms with E-state index < -0.39 is 5.97 Å². The summed E-state index contributed by atoms with van der Waals surface area (Å²) in [6.07, 6.45) is 4.61. The Balaban J connectivity index is 2.09. The fourth-order valence-corrected chi connectivity index (χ4v) is 3.71. The van der Waals surface area contributed by atoms with Crippen LogP contribution in [0.15, 0.2) is 60.2 Å². The second-order valence-corrected chi connectivity index (χ2v) is 7.84. The zero-order valence-electron chi connectivity index (χ0n) is 17.6. The molecule has 162 valence electrons. The van der Waals surface area contributed by atoms with Gasteiger partial charge in [-0.2, -0.15) is 0 Å². The van der Waals surface area contributed by atoms with E-state index >= 15 is 0 Å². The van der Waals surface area contributed by atoms with E-state index in [9.17, 15) is 15.0 Å². The molecule has 2 aromatic carbocycles. The normalized spacial score (nSPS) is 11.6. The first-order valence-electron chi connectivity index (χ1n) is 10.4. The Hall–Kier alpha value is -2.89. The van der Waals surface area contributed by atoms with Gasteiger partial charge in [0.15, 0.2) is 0 Å². The minimum atomic E-state index is -0.992. The molecule has 0 atom stereocenters. The second-order valence-electron chi connectivity index (χ2n) is 7.44. The Morgan fingerprint density at radius 1 is 1.13 bits per heavy atom. The Labute approximate surface area is 187 Å². The highest BCUT2D eigenvalue weighted by Crippen LogP contribution is 2.24. The number of aryl methyl sites for hydroxylation is 1. The van der Waals surface area contributed by atoms with E-state index in [-0.39, 0.29) is 18.6 Å². The smallest absolute Gasteiger partial charge is 0.331 e. The van der Waals surface area contributed by atoms with Gasteiger partial charge in [-0.15, -0.1) is 0 Å². The summed E-state index contributed by atoms with van der Waals surface area (Å²) in [4.78, 5) is 16.7. The summed E-state index contributed by atoms with van der Waals surface area (Å²) in [6.45, 7) is 2.30. The highest BCUT2D eigenvalue weighted by Gasteiger charge is 2.19. The second kappa shape index (κ2) is 10.9. The van der Waals surface area contributed by atoms with Crippen molar-refractivity contribution in [1.82, 2.24) is 9.55 Å². The quantitative estimate of drug-likeness (QED) is 0.430. The fraction of sp³-hybridized carbons (Fsp3) is 0.280. The van der Waals surface area contributed by atoms with E-state index in [2.05, 4.69) is 11.9 Å². The lowest BCUT2D eigenvalue weighted by Gasteiger charge is -2.13. The van der Waals surface area contributed by atoms with Gasteiger partial charge in [0.1, 0.15) is 5.82 Å². The first-order valence-corrected chi connectivity index (χ1v) is 10.8. The third-order valence-electron chi connectivity index (χ3n) is 5.18. The number of hydrogen-bond donors (Lipinski definition) is 2. The van der Waals surface area contributed by atoms with Gasteiger partial charge in [-0.25, -0.2) is 9.78 Å². The number of aromatic nitrogens is 2. The molecule has 0 amide bonds. The topological polar surface area (TPSA) is 75.3 Å². The number of benzene rings is 2. The Kier molecular flexibility index (Phi) is 8.04. The number of carbonyl (C=O) groups is 1. The molecule has 0 radical (unpaired) electrons. The summed E-state index contributed by atoms with van der Waals surface area (Å²) >= 11 is 6.39. The van der Waals surface area contributed by atoms with Gasteiger partial charge in [-0.05, 0) is 29.7 Å². The molecule has 0 aliphatic heterocycles. The standard InChI is InChI=1S/C25H27ClN2O3/c1-2-3-13-24-27-22(17-29)23(28(24)16-19-11-7-8-12-21(19)26)15-20(25(30)31)14-18-9-5-4-6-10-18/h4-12,15,29H,2-3,13-14,16-17H2,1H3,(H,30,31). The summed E-state index contributed by atoms with van der Waals surface area (Å²) in [6, 6.07) is 17.0. The van der Waals surface area contributed by atoms with Crippen LogP contribution in [0, 0.1) is 0 Å². The van der Waals surface area contributed by atoms with Gasteiger partial charge >= 0.3 is 5.97 Å². The van der Waals surface area contributed by atoms with Gasteiger partial charge in [0.25, 0.3) is 0 Å². The number of carboxylic acid groups (broad SMARTS) is 1. The number of aliphatic hydroxyl groups is 1. The number of carboxylic acids is 1. The lowest BCUT2D eigenvalue weighted by Crippen LogP contribution is -2.10. The molecule has 0 aliphatic rings. The van der Waals surface area contributed by atoms with Gasteiger partial charge < -0.3 is 14.8 Å². The van der Waals surface area contributed by atoms with E-state index in [0.29, 0.717) is 23.0 Å². The summed E-state index contributed by atoms with van der Waals surface area (Å²) < 4.78 is 1.98. The average molecular weight is 439 g/mol. The molecular weight excluding hydrogens is 412 g/mol. The number of nitrogens with zero attached hydrogens (tertiary/aromatic N) is 2. The predicted molar refractivity (Wildman–Crippen MR) is 123 cm³/mol. The molecule has 0 spiro atoms. The number of imidazole rings is 1. The lowest BCUT2D eigenvalue weighted by atomic mass is 10.0. The molecule has 0 fully saturated rings. The van der Waals surface area contributed by atoms with Crippen molar-refractivity contribution in [3.8, 4) is 0 Å². The molecule has 6 heteroatoms. The molecule has 0 saturated heterocycles. The molecule has 0 bridgehead atoms. The van der Waals surface area contributed by atoms with E-state index in [1.165, 1.54) is 0 Å². The van der Waals surface area contributed by atoms with Crippen LogP contribution in [0.2, 0.25) is 5.02 Å². The van der Waals surface area contributed by atoms with Gasteiger partial charge in [-0.1, -0.05) is 73.5 Å². The Bertz CT molecular complexity index is 1060. The molecule has 31 heavy (non-hydrogen) atoms. The van der Waals surface area contributed by atoms with Crippen LogP contribution < -0.4 is 0 Å². The van der Waals surface area contributed by atoms with Crippen molar-refractivity contribution in [3.05, 3.63) is 93.5 Å². The SMILES string of the molecule is CCCCc1nc(CO)c(C=C(Cc2ccccc2)C(=O)O)n1Cc1ccccc1Cl. The van der Waals surface area contributed by atoms with Crippen LogP contribution in [0.25, 0.3) is 6.08 Å². The van der Waals surface area contributed by atoms with Crippen molar-refractivity contribution in [2.24, 2.45) is 0 Å². The molecule has 3 rings (SSSR count). The van der Waals surface area contributed by atoms with Crippen molar-refractivity contribution < 1.29 is 15.0 Å². The fourth-order valence-electron chi connectivity index (χ4n) is 3.51. The molecule has 0 saturated carbocycles. The molecule has 5 nitrogen and oxygen atoms in total. The molecule has 0 unspecified atom stereocenters. The van der Waals surface area contributed by atoms with Gasteiger partial charge in [0.05, 0.1) is 24.5 Å². The number of halogens is 1. The predicted octanol–water partition coefficient (Wildman–Crippen LogP) is 5.13. The van der Waals surface area contributed by atoms with Crippen molar-refractivity contribution in [2.75, 3.05) is 0 Å². The van der Waals surface area contributed by atoms with Crippen LogP contribution in [0.1, 0.15) is 48.1 Å². The van der Waals surface area contributed by atoms with E-state index in [4.69, 9.17) is 11.6 Å². The largest absolute Gasteiger partial charge is 0.478 e. The number of hydrogen-bond acceptors (Lipinski definition) is 3. The van der Waals surface area contributed by atoms with Crippen LogP contribution in [0.5, 0.6) is 0 Å². The van der Waals surface area contributed by atoms with Gasteiger partial charge in [-0.3, -0.25) is 0 Å². The van der Waals surface area contributed by atoms with Crippen LogP contribution in [-0.2, 0) is 30.8 Å². The van der Waals surface area contributed by atoms with Crippen molar-refractivity contribution in [2.45, 2.75) is 45.8 Å². The van der Waals surface area contributed by atoms with Crippen molar-refractivity contribution in [1.29, 1.82) is 0 Å². The minimum Gasteiger partial charge on any atom is -0.478 e. The Morgan fingerprint density at radius 2 is 1.84 bits per heavy atom. The van der Waals surface area contributed by atoms with E-state index in [1.54, 1.807) is 6.08 Å².